The molecule has 33 heavy (non-hydrogen) atoms. The van der Waals surface area contributed by atoms with Crippen LogP contribution in [0.5, 0.6) is 0 Å². The molecule has 2 fully saturated rings. The summed E-state index contributed by atoms with van der Waals surface area (Å²) >= 11 is 0. The lowest BCUT2D eigenvalue weighted by Gasteiger charge is -2.32. The Labute approximate surface area is 196 Å². The van der Waals surface area contributed by atoms with Crippen LogP contribution in [-0.4, -0.2) is 71.1 Å². The van der Waals surface area contributed by atoms with Crippen molar-refractivity contribution >= 4 is 30.5 Å². The zero-order valence-electron chi connectivity index (χ0n) is 20.9. The zero-order valence-corrected chi connectivity index (χ0v) is 20.9. The number of hydrogen-bond donors (Lipinski definition) is 2. The molecule has 2 aliphatic rings. The van der Waals surface area contributed by atoms with Gasteiger partial charge >= 0.3 is 13.2 Å². The third kappa shape index (κ3) is 6.14. The number of carbonyl (C=O) groups is 2. The number of nitrogens with zero attached hydrogens (tertiary/aromatic N) is 3. The zero-order chi connectivity index (χ0) is 24.6. The number of anilines is 1. The van der Waals surface area contributed by atoms with Crippen molar-refractivity contribution in [3.63, 3.8) is 0 Å². The summed E-state index contributed by atoms with van der Waals surface area (Å²) in [7, 11) is -0.506. The second-order valence-corrected chi connectivity index (χ2v) is 10.7. The fourth-order valence-electron chi connectivity index (χ4n) is 3.53. The molecule has 0 spiro atoms. The highest BCUT2D eigenvalue weighted by atomic mass is 16.7. The van der Waals surface area contributed by atoms with Crippen molar-refractivity contribution in [2.45, 2.75) is 90.7 Å². The van der Waals surface area contributed by atoms with Gasteiger partial charge < -0.3 is 29.6 Å². The van der Waals surface area contributed by atoms with Crippen LogP contribution in [0.4, 0.5) is 10.7 Å². The molecule has 11 heteroatoms. The van der Waals surface area contributed by atoms with Gasteiger partial charge in [-0.25, -0.2) is 14.8 Å². The molecule has 3 rings (SSSR count). The van der Waals surface area contributed by atoms with Crippen LogP contribution < -0.4 is 21.0 Å². The lowest BCUT2D eigenvalue weighted by molar-refractivity contribution is -0.123. The van der Waals surface area contributed by atoms with Crippen LogP contribution in [0, 0.1) is 0 Å². The molecule has 1 aromatic heterocycles. The molecule has 2 atom stereocenters. The van der Waals surface area contributed by atoms with Gasteiger partial charge in [0.1, 0.15) is 11.6 Å². The first kappa shape index (κ1) is 25.2. The van der Waals surface area contributed by atoms with Gasteiger partial charge in [-0.15, -0.1) is 0 Å². The number of amides is 2. The highest BCUT2D eigenvalue weighted by Crippen LogP contribution is 2.36. The van der Waals surface area contributed by atoms with Crippen LogP contribution in [0.1, 0.15) is 61.8 Å². The van der Waals surface area contributed by atoms with Gasteiger partial charge in [-0.2, -0.15) is 0 Å². The Kier molecular flexibility index (Phi) is 6.96. The molecule has 2 aliphatic heterocycles. The first-order chi connectivity index (χ1) is 15.2. The molecule has 182 valence electrons. The molecule has 0 aromatic carbocycles. The predicted octanol–water partition coefficient (Wildman–Crippen LogP) is 1.38. The van der Waals surface area contributed by atoms with Gasteiger partial charge in [0.05, 0.1) is 11.2 Å². The average Bonchev–Trinajstić information content (AvgIpc) is 3.22. The number of carbonyl (C=O) groups excluding carboxylic acids is 2. The van der Waals surface area contributed by atoms with E-state index in [0.29, 0.717) is 19.0 Å². The van der Waals surface area contributed by atoms with Crippen molar-refractivity contribution in [1.29, 1.82) is 0 Å². The lowest BCUT2D eigenvalue weighted by atomic mass is 9.81. The third-order valence-electron chi connectivity index (χ3n) is 6.13. The first-order valence-electron chi connectivity index (χ1n) is 11.4. The maximum absolute atomic E-state index is 12.5. The van der Waals surface area contributed by atoms with Gasteiger partial charge in [-0.05, 0) is 61.8 Å². The Morgan fingerprint density at radius 3 is 2.30 bits per heavy atom. The fourth-order valence-corrected chi connectivity index (χ4v) is 3.53. The smallest absolute Gasteiger partial charge is 0.444 e. The Bertz CT molecular complexity index is 855. The van der Waals surface area contributed by atoms with Crippen molar-refractivity contribution in [1.82, 2.24) is 20.6 Å². The Morgan fingerprint density at radius 1 is 1.18 bits per heavy atom. The Balaban J connectivity index is 1.51. The highest BCUT2D eigenvalue weighted by Gasteiger charge is 2.52. The quantitative estimate of drug-likeness (QED) is 0.633. The molecule has 3 heterocycles. The number of hydrogen-bond acceptors (Lipinski definition) is 8. The van der Waals surface area contributed by atoms with Crippen LogP contribution in [0.15, 0.2) is 12.4 Å². The molecule has 0 radical (unpaired) electrons. The monoisotopic (exact) mass is 461 g/mol. The van der Waals surface area contributed by atoms with E-state index in [0.717, 1.165) is 11.9 Å². The lowest BCUT2D eigenvalue weighted by Crippen LogP contribution is -2.49. The maximum atomic E-state index is 12.5. The minimum Gasteiger partial charge on any atom is -0.444 e. The topological polar surface area (TPSA) is 115 Å². The summed E-state index contributed by atoms with van der Waals surface area (Å²) in [5.41, 5.74) is -0.703. The Hall–Kier alpha value is -2.40. The van der Waals surface area contributed by atoms with E-state index in [-0.39, 0.29) is 11.9 Å². The van der Waals surface area contributed by atoms with Gasteiger partial charge in [0.15, 0.2) is 0 Å². The number of aromatic nitrogens is 2. The van der Waals surface area contributed by atoms with Gasteiger partial charge in [-0.3, -0.25) is 4.79 Å². The summed E-state index contributed by atoms with van der Waals surface area (Å²) in [5, 5.41) is 5.54. The van der Waals surface area contributed by atoms with E-state index in [9.17, 15) is 9.59 Å². The van der Waals surface area contributed by atoms with Gasteiger partial charge in [0.25, 0.3) is 0 Å². The van der Waals surface area contributed by atoms with E-state index >= 15 is 0 Å². The van der Waals surface area contributed by atoms with E-state index in [1.807, 2.05) is 32.6 Å². The van der Waals surface area contributed by atoms with Crippen molar-refractivity contribution in [2.24, 2.45) is 0 Å². The van der Waals surface area contributed by atoms with E-state index in [1.54, 1.807) is 40.1 Å². The molecule has 10 nitrogen and oxygen atoms in total. The highest BCUT2D eigenvalue weighted by molar-refractivity contribution is 6.61. The second kappa shape index (κ2) is 9.10. The molecule has 1 aromatic rings. The van der Waals surface area contributed by atoms with Crippen LogP contribution in [0.2, 0.25) is 0 Å². The fraction of sp³-hybridized carbons (Fsp3) is 0.727. The SMILES string of the molecule is C[C@@H](NC(=O)OC(C)(C)C)C(=O)N[C@H]1CCN(c2ncc(B3OC(C)(C)C(C)(C)O3)cn2)C1. The van der Waals surface area contributed by atoms with Crippen molar-refractivity contribution in [3.05, 3.63) is 12.4 Å². The van der Waals surface area contributed by atoms with E-state index in [4.69, 9.17) is 14.0 Å². The predicted molar refractivity (Wildman–Crippen MR) is 125 cm³/mol. The summed E-state index contributed by atoms with van der Waals surface area (Å²) in [6.45, 7) is 16.3. The molecular weight excluding hydrogens is 425 g/mol. The van der Waals surface area contributed by atoms with E-state index in [1.165, 1.54) is 0 Å². The van der Waals surface area contributed by atoms with Gasteiger partial charge in [0, 0.05) is 37.0 Å². The largest absolute Gasteiger partial charge is 0.498 e. The van der Waals surface area contributed by atoms with Crippen LogP contribution in [-0.2, 0) is 18.8 Å². The third-order valence-corrected chi connectivity index (χ3v) is 6.13. The van der Waals surface area contributed by atoms with Gasteiger partial charge in [0.2, 0.25) is 11.9 Å². The molecular formula is C22H36BN5O5. The second-order valence-electron chi connectivity index (χ2n) is 10.7. The molecule has 0 saturated carbocycles. The normalized spacial score (nSPS) is 22.7. The molecule has 2 saturated heterocycles. The van der Waals surface area contributed by atoms with Crippen LogP contribution in [0.3, 0.4) is 0 Å². The van der Waals surface area contributed by atoms with Crippen molar-refractivity contribution in [2.75, 3.05) is 18.0 Å². The molecule has 2 N–H and O–H groups in total. The number of nitrogens with one attached hydrogen (secondary N) is 2. The maximum Gasteiger partial charge on any atom is 0.498 e. The number of ether oxygens (including phenoxy) is 1. The first-order valence-corrected chi connectivity index (χ1v) is 11.4. The summed E-state index contributed by atoms with van der Waals surface area (Å²) in [6, 6.07) is -0.767. The molecule has 0 bridgehead atoms. The summed E-state index contributed by atoms with van der Waals surface area (Å²) in [4.78, 5) is 35.4. The van der Waals surface area contributed by atoms with Crippen molar-refractivity contribution in [3.8, 4) is 0 Å². The minimum absolute atomic E-state index is 0.0632. The van der Waals surface area contributed by atoms with Gasteiger partial charge in [-0.1, -0.05) is 0 Å². The molecule has 2 amide bonds. The van der Waals surface area contributed by atoms with Crippen molar-refractivity contribution < 1.29 is 23.6 Å². The summed E-state index contributed by atoms with van der Waals surface area (Å²) in [5.74, 6) is 0.330. The standard InChI is InChI=1S/C22H36BN5O5/c1-14(26-19(30)31-20(2,3)4)17(29)27-16-9-10-28(13-16)18-24-11-15(12-25-18)23-32-21(5,6)22(7,8)33-23/h11-12,14,16H,9-10,13H2,1-8H3,(H,26,30)(H,27,29)/t14-,16+/m1/s1. The molecule has 0 unspecified atom stereocenters. The number of rotatable bonds is 5. The summed E-state index contributed by atoms with van der Waals surface area (Å²) in [6.07, 6.45) is 3.59. The van der Waals surface area contributed by atoms with E-state index < -0.39 is 36.1 Å². The van der Waals surface area contributed by atoms with Crippen LogP contribution >= 0.6 is 0 Å². The van der Waals surface area contributed by atoms with E-state index in [2.05, 4.69) is 20.6 Å². The number of alkyl carbamates (subject to hydrolysis) is 1. The Morgan fingerprint density at radius 2 is 1.76 bits per heavy atom. The van der Waals surface area contributed by atoms with Crippen LogP contribution in [0.25, 0.3) is 0 Å². The minimum atomic E-state index is -0.704. The average molecular weight is 461 g/mol. The summed E-state index contributed by atoms with van der Waals surface area (Å²) < 4.78 is 17.3. The molecule has 0 aliphatic carbocycles.